The molecule has 114 valence electrons. The highest BCUT2D eigenvalue weighted by molar-refractivity contribution is 5.88. The number of nitrogens with zero attached hydrogens (tertiary/aromatic N) is 1. The highest BCUT2D eigenvalue weighted by Crippen LogP contribution is 2.24. The Morgan fingerprint density at radius 1 is 1.38 bits per heavy atom. The van der Waals surface area contributed by atoms with E-state index in [1.165, 1.54) is 5.56 Å². The van der Waals surface area contributed by atoms with Crippen molar-refractivity contribution in [2.75, 3.05) is 19.6 Å². The molecule has 0 spiro atoms. The van der Waals surface area contributed by atoms with Gasteiger partial charge in [0, 0.05) is 13.1 Å². The topological polar surface area (TPSA) is 75.4 Å². The van der Waals surface area contributed by atoms with Crippen LogP contribution in [0.25, 0.3) is 0 Å². The zero-order valence-electron chi connectivity index (χ0n) is 12.5. The number of hydrogen-bond acceptors (Lipinski definition) is 3. The molecule has 2 amide bonds. The number of carbonyl (C=O) groups excluding carboxylic acids is 2. The molecule has 0 radical (unpaired) electrons. The Kier molecular flexibility index (Phi) is 5.33. The molecule has 0 aromatic heterocycles. The standard InChI is InChI=1S/C16H23N3O2/c1-2-3-10-19(11-14(17)20)16(21)15-13-7-5-4-6-12(13)8-9-18-15/h4-7,15,18H,2-3,8-11H2,1H3,(H2,17,20). The summed E-state index contributed by atoms with van der Waals surface area (Å²) in [6.45, 7) is 3.38. The van der Waals surface area contributed by atoms with E-state index in [2.05, 4.69) is 18.3 Å². The summed E-state index contributed by atoms with van der Waals surface area (Å²) in [5, 5.41) is 3.26. The Morgan fingerprint density at radius 3 is 2.86 bits per heavy atom. The molecule has 1 heterocycles. The monoisotopic (exact) mass is 289 g/mol. The van der Waals surface area contributed by atoms with Crippen molar-refractivity contribution < 1.29 is 9.59 Å². The van der Waals surface area contributed by atoms with Crippen molar-refractivity contribution in [1.29, 1.82) is 0 Å². The molecule has 0 saturated heterocycles. The van der Waals surface area contributed by atoms with Gasteiger partial charge in [-0.15, -0.1) is 0 Å². The molecule has 2 rings (SSSR count). The summed E-state index contributed by atoms with van der Waals surface area (Å²) in [5.74, 6) is -0.530. The maximum absolute atomic E-state index is 12.8. The van der Waals surface area contributed by atoms with Gasteiger partial charge >= 0.3 is 0 Å². The van der Waals surface area contributed by atoms with Gasteiger partial charge in [-0.25, -0.2) is 0 Å². The molecule has 5 nitrogen and oxygen atoms in total. The predicted octanol–water partition coefficient (Wildman–Crippen LogP) is 0.987. The molecule has 0 bridgehead atoms. The van der Waals surface area contributed by atoms with E-state index < -0.39 is 5.91 Å². The first kappa shape index (κ1) is 15.5. The average Bonchev–Trinajstić information content (AvgIpc) is 2.50. The van der Waals surface area contributed by atoms with Crippen LogP contribution in [0.1, 0.15) is 36.9 Å². The molecule has 1 aromatic rings. The second-order valence-electron chi connectivity index (χ2n) is 5.42. The highest BCUT2D eigenvalue weighted by Gasteiger charge is 2.29. The minimum atomic E-state index is -0.469. The number of nitrogens with two attached hydrogens (primary N) is 1. The lowest BCUT2D eigenvalue weighted by Crippen LogP contribution is -2.47. The van der Waals surface area contributed by atoms with Gasteiger partial charge in [-0.3, -0.25) is 9.59 Å². The van der Waals surface area contributed by atoms with E-state index in [0.29, 0.717) is 6.54 Å². The van der Waals surface area contributed by atoms with Crippen LogP contribution >= 0.6 is 0 Å². The summed E-state index contributed by atoms with van der Waals surface area (Å²) in [6, 6.07) is 7.60. The van der Waals surface area contributed by atoms with Gasteiger partial charge in [0.15, 0.2) is 0 Å². The Morgan fingerprint density at radius 2 is 2.14 bits per heavy atom. The molecule has 1 aliphatic heterocycles. The minimum Gasteiger partial charge on any atom is -0.368 e. The fraction of sp³-hybridized carbons (Fsp3) is 0.500. The molecular formula is C16H23N3O2. The fourth-order valence-electron chi connectivity index (χ4n) is 2.71. The summed E-state index contributed by atoms with van der Waals surface area (Å²) in [5.41, 5.74) is 7.49. The lowest BCUT2D eigenvalue weighted by molar-refractivity contribution is -0.137. The molecule has 1 atom stereocenters. The van der Waals surface area contributed by atoms with E-state index >= 15 is 0 Å². The van der Waals surface area contributed by atoms with Crippen molar-refractivity contribution in [3.8, 4) is 0 Å². The van der Waals surface area contributed by atoms with E-state index in [0.717, 1.165) is 31.4 Å². The number of nitrogens with one attached hydrogen (secondary N) is 1. The van der Waals surface area contributed by atoms with E-state index in [9.17, 15) is 9.59 Å². The van der Waals surface area contributed by atoms with E-state index in [1.807, 2.05) is 18.2 Å². The van der Waals surface area contributed by atoms with E-state index in [-0.39, 0.29) is 18.5 Å². The molecule has 3 N–H and O–H groups in total. The number of unbranched alkanes of at least 4 members (excludes halogenated alkanes) is 1. The first-order valence-corrected chi connectivity index (χ1v) is 7.51. The number of carbonyl (C=O) groups is 2. The third kappa shape index (κ3) is 3.82. The zero-order valence-corrected chi connectivity index (χ0v) is 12.5. The maximum atomic E-state index is 12.8. The van der Waals surface area contributed by atoms with Gasteiger partial charge in [-0.1, -0.05) is 37.6 Å². The number of benzene rings is 1. The van der Waals surface area contributed by atoms with Crippen molar-refractivity contribution in [3.63, 3.8) is 0 Å². The van der Waals surface area contributed by atoms with Crippen LogP contribution in [-0.2, 0) is 16.0 Å². The lowest BCUT2D eigenvalue weighted by atomic mass is 9.93. The largest absolute Gasteiger partial charge is 0.368 e. The molecule has 5 heteroatoms. The van der Waals surface area contributed by atoms with Crippen molar-refractivity contribution in [2.45, 2.75) is 32.2 Å². The lowest BCUT2D eigenvalue weighted by Gasteiger charge is -2.31. The fourth-order valence-corrected chi connectivity index (χ4v) is 2.71. The summed E-state index contributed by atoms with van der Waals surface area (Å²) in [4.78, 5) is 25.5. The second kappa shape index (κ2) is 7.22. The number of rotatable bonds is 6. The van der Waals surface area contributed by atoms with Gasteiger partial charge in [0.25, 0.3) is 0 Å². The highest BCUT2D eigenvalue weighted by atomic mass is 16.2. The molecule has 1 aliphatic rings. The van der Waals surface area contributed by atoms with Crippen LogP contribution in [-0.4, -0.2) is 36.3 Å². The van der Waals surface area contributed by atoms with E-state index in [4.69, 9.17) is 5.73 Å². The number of primary amides is 1. The average molecular weight is 289 g/mol. The van der Waals surface area contributed by atoms with Gasteiger partial charge in [0.05, 0.1) is 6.54 Å². The third-order valence-corrected chi connectivity index (χ3v) is 3.80. The third-order valence-electron chi connectivity index (χ3n) is 3.80. The second-order valence-corrected chi connectivity index (χ2v) is 5.42. The van der Waals surface area contributed by atoms with Crippen molar-refractivity contribution in [1.82, 2.24) is 10.2 Å². The molecule has 0 saturated carbocycles. The molecular weight excluding hydrogens is 266 g/mol. The van der Waals surface area contributed by atoms with Crippen LogP contribution in [0, 0.1) is 0 Å². The molecule has 0 fully saturated rings. The summed E-state index contributed by atoms with van der Waals surface area (Å²) in [7, 11) is 0. The normalized spacial score (nSPS) is 17.1. The van der Waals surface area contributed by atoms with Crippen molar-refractivity contribution in [3.05, 3.63) is 35.4 Å². The van der Waals surface area contributed by atoms with Crippen LogP contribution in [0.5, 0.6) is 0 Å². The first-order chi connectivity index (χ1) is 10.1. The maximum Gasteiger partial charge on any atom is 0.244 e. The smallest absolute Gasteiger partial charge is 0.244 e. The minimum absolute atomic E-state index is 0.0147. The SMILES string of the molecule is CCCCN(CC(N)=O)C(=O)C1NCCc2ccccc21. The predicted molar refractivity (Wildman–Crippen MR) is 81.6 cm³/mol. The van der Waals surface area contributed by atoms with Gasteiger partial charge in [-0.2, -0.15) is 0 Å². The summed E-state index contributed by atoms with van der Waals surface area (Å²) >= 11 is 0. The van der Waals surface area contributed by atoms with Crippen LogP contribution < -0.4 is 11.1 Å². The van der Waals surface area contributed by atoms with Crippen molar-refractivity contribution in [2.24, 2.45) is 5.73 Å². The summed E-state index contributed by atoms with van der Waals surface area (Å²) in [6.07, 6.45) is 2.76. The van der Waals surface area contributed by atoms with Crippen molar-refractivity contribution >= 4 is 11.8 Å². The van der Waals surface area contributed by atoms with Gasteiger partial charge < -0.3 is 16.0 Å². The molecule has 21 heavy (non-hydrogen) atoms. The Labute approximate surface area is 125 Å². The Hall–Kier alpha value is -1.88. The molecule has 1 aromatic carbocycles. The Bertz CT molecular complexity index is 516. The number of amides is 2. The molecule has 0 aliphatic carbocycles. The van der Waals surface area contributed by atoms with Gasteiger partial charge in [0.1, 0.15) is 6.04 Å². The van der Waals surface area contributed by atoms with E-state index in [1.54, 1.807) is 4.90 Å². The summed E-state index contributed by atoms with van der Waals surface area (Å²) < 4.78 is 0. The van der Waals surface area contributed by atoms with Crippen LogP contribution in [0.15, 0.2) is 24.3 Å². The van der Waals surface area contributed by atoms with Gasteiger partial charge in [0.2, 0.25) is 11.8 Å². The van der Waals surface area contributed by atoms with Gasteiger partial charge in [-0.05, 0) is 24.0 Å². The number of hydrogen-bond donors (Lipinski definition) is 2. The molecule has 1 unspecified atom stereocenters. The van der Waals surface area contributed by atoms with Crippen LogP contribution in [0.3, 0.4) is 0 Å². The quantitative estimate of drug-likeness (QED) is 0.820. The van der Waals surface area contributed by atoms with Crippen LogP contribution in [0.2, 0.25) is 0 Å². The first-order valence-electron chi connectivity index (χ1n) is 7.51. The zero-order chi connectivity index (χ0) is 15.2. The van der Waals surface area contributed by atoms with Crippen LogP contribution in [0.4, 0.5) is 0 Å². The number of fused-ring (bicyclic) bond motifs is 1. The Balaban J connectivity index is 2.18.